The van der Waals surface area contributed by atoms with E-state index in [0.29, 0.717) is 6.61 Å². The third kappa shape index (κ3) is 5.18. The van der Waals surface area contributed by atoms with Crippen LogP contribution in [-0.2, 0) is 9.53 Å². The number of ether oxygens (including phenoxy) is 2. The van der Waals surface area contributed by atoms with E-state index >= 15 is 0 Å². The van der Waals surface area contributed by atoms with Gasteiger partial charge in [-0.05, 0) is 25.0 Å². The van der Waals surface area contributed by atoms with Gasteiger partial charge in [-0.1, -0.05) is 0 Å². The first-order valence-corrected chi connectivity index (χ1v) is 6.74. The highest BCUT2D eigenvalue weighted by molar-refractivity contribution is 5.92. The minimum absolute atomic E-state index is 0.104. The van der Waals surface area contributed by atoms with Crippen LogP contribution < -0.4 is 10.1 Å². The maximum absolute atomic E-state index is 13.2. The molecule has 0 unspecified atom stereocenters. The molecule has 1 atom stereocenters. The fourth-order valence-corrected chi connectivity index (χ4v) is 2.06. The Labute approximate surface area is 124 Å². The summed E-state index contributed by atoms with van der Waals surface area (Å²) in [5.41, 5.74) is -0.132. The zero-order valence-electron chi connectivity index (χ0n) is 11.6. The minimum Gasteiger partial charge on any atom is -0.489 e. The first kappa shape index (κ1) is 16.5. The molecule has 1 aromatic rings. The number of alkyl halides is 3. The molecule has 2 rings (SSSR count). The van der Waals surface area contributed by atoms with Crippen molar-refractivity contribution >= 4 is 11.6 Å². The number of carbonyl (C=O) groups excluding carboxylic acids is 1. The van der Waals surface area contributed by atoms with Crippen molar-refractivity contribution in [3.8, 4) is 5.75 Å². The van der Waals surface area contributed by atoms with E-state index < -0.39 is 24.3 Å². The Kier molecular flexibility index (Phi) is 5.23. The second kappa shape index (κ2) is 6.95. The minimum atomic E-state index is -4.63. The monoisotopic (exact) mass is 321 g/mol. The summed E-state index contributed by atoms with van der Waals surface area (Å²) < 4.78 is 60.5. The second-order valence-corrected chi connectivity index (χ2v) is 4.93. The molecular formula is C14H15F4NO3. The summed E-state index contributed by atoms with van der Waals surface area (Å²) in [6, 6.07) is 3.27. The number of amides is 1. The van der Waals surface area contributed by atoms with Crippen LogP contribution >= 0.6 is 0 Å². The third-order valence-corrected chi connectivity index (χ3v) is 3.03. The van der Waals surface area contributed by atoms with Gasteiger partial charge in [-0.2, -0.15) is 13.2 Å². The Morgan fingerprint density at radius 2 is 2.18 bits per heavy atom. The lowest BCUT2D eigenvalue weighted by atomic mass is 10.2. The number of hydrogen-bond donors (Lipinski definition) is 1. The fraction of sp³-hybridized carbons (Fsp3) is 0.500. The van der Waals surface area contributed by atoms with Crippen LogP contribution in [-0.4, -0.2) is 31.4 Å². The maximum atomic E-state index is 13.2. The van der Waals surface area contributed by atoms with E-state index in [-0.39, 0.29) is 24.1 Å². The molecule has 1 saturated heterocycles. The molecule has 0 radical (unpaired) electrons. The number of halogens is 4. The number of rotatable bonds is 5. The van der Waals surface area contributed by atoms with Gasteiger partial charge in [0.25, 0.3) is 0 Å². The van der Waals surface area contributed by atoms with Crippen molar-refractivity contribution in [3.05, 3.63) is 24.0 Å². The molecule has 0 aliphatic carbocycles. The summed E-state index contributed by atoms with van der Waals surface area (Å²) >= 11 is 0. The molecule has 1 aromatic carbocycles. The molecule has 4 nitrogen and oxygen atoms in total. The Bertz CT molecular complexity index is 527. The number of carbonyl (C=O) groups is 1. The van der Waals surface area contributed by atoms with Gasteiger partial charge in [0.15, 0.2) is 0 Å². The Morgan fingerprint density at radius 1 is 1.41 bits per heavy atom. The number of hydrogen-bond acceptors (Lipinski definition) is 3. The normalized spacial score (nSPS) is 18.3. The molecule has 0 bridgehead atoms. The molecule has 0 aromatic heterocycles. The lowest BCUT2D eigenvalue weighted by molar-refractivity contribution is -0.150. The Hall–Kier alpha value is -1.83. The fourth-order valence-electron chi connectivity index (χ4n) is 2.06. The van der Waals surface area contributed by atoms with Crippen LogP contribution in [0.1, 0.15) is 19.3 Å². The van der Waals surface area contributed by atoms with Crippen LogP contribution in [0.15, 0.2) is 18.2 Å². The van der Waals surface area contributed by atoms with Crippen LogP contribution in [0.3, 0.4) is 0 Å². The highest BCUT2D eigenvalue weighted by atomic mass is 19.4. The molecule has 1 amide bonds. The SMILES string of the molecule is O=C(CC(F)(F)F)Nc1cc(F)ccc1OC[C@@H]1CCCO1. The smallest absolute Gasteiger partial charge is 0.397 e. The zero-order valence-corrected chi connectivity index (χ0v) is 11.6. The van der Waals surface area contributed by atoms with Gasteiger partial charge in [0, 0.05) is 12.7 Å². The number of nitrogens with one attached hydrogen (secondary N) is 1. The molecule has 1 heterocycles. The summed E-state index contributed by atoms with van der Waals surface area (Å²) in [7, 11) is 0. The summed E-state index contributed by atoms with van der Waals surface area (Å²) in [4.78, 5) is 11.3. The maximum Gasteiger partial charge on any atom is 0.397 e. The summed E-state index contributed by atoms with van der Waals surface area (Å²) in [5.74, 6) is -1.86. The molecule has 8 heteroatoms. The average molecular weight is 321 g/mol. The van der Waals surface area contributed by atoms with Crippen molar-refractivity contribution in [2.75, 3.05) is 18.5 Å². The first-order chi connectivity index (χ1) is 10.3. The topological polar surface area (TPSA) is 47.6 Å². The highest BCUT2D eigenvalue weighted by Gasteiger charge is 2.31. The van der Waals surface area contributed by atoms with Crippen LogP contribution in [0.2, 0.25) is 0 Å². The van der Waals surface area contributed by atoms with E-state index in [9.17, 15) is 22.4 Å². The molecule has 1 aliphatic rings. The third-order valence-electron chi connectivity index (χ3n) is 3.03. The van der Waals surface area contributed by atoms with E-state index in [1.165, 1.54) is 6.07 Å². The van der Waals surface area contributed by atoms with Gasteiger partial charge in [0.1, 0.15) is 24.6 Å². The molecule has 0 saturated carbocycles. The predicted octanol–water partition coefficient (Wildman–Crippen LogP) is 3.27. The molecule has 0 spiro atoms. The van der Waals surface area contributed by atoms with Crippen molar-refractivity contribution in [2.45, 2.75) is 31.5 Å². The van der Waals surface area contributed by atoms with Crippen LogP contribution in [0.25, 0.3) is 0 Å². The van der Waals surface area contributed by atoms with Gasteiger partial charge in [0.2, 0.25) is 5.91 Å². The van der Waals surface area contributed by atoms with E-state index in [0.717, 1.165) is 25.0 Å². The Balaban J connectivity index is 2.01. The van der Waals surface area contributed by atoms with E-state index in [2.05, 4.69) is 0 Å². The van der Waals surface area contributed by atoms with Gasteiger partial charge in [0.05, 0.1) is 11.8 Å². The highest BCUT2D eigenvalue weighted by Crippen LogP contribution is 2.28. The average Bonchev–Trinajstić information content (AvgIpc) is 2.88. The second-order valence-electron chi connectivity index (χ2n) is 4.93. The first-order valence-electron chi connectivity index (χ1n) is 6.74. The predicted molar refractivity (Wildman–Crippen MR) is 70.2 cm³/mol. The largest absolute Gasteiger partial charge is 0.489 e. The lowest BCUT2D eigenvalue weighted by Gasteiger charge is -2.15. The van der Waals surface area contributed by atoms with Gasteiger partial charge < -0.3 is 14.8 Å². The molecule has 1 N–H and O–H groups in total. The van der Waals surface area contributed by atoms with Crippen molar-refractivity contribution in [2.24, 2.45) is 0 Å². The lowest BCUT2D eigenvalue weighted by Crippen LogP contribution is -2.22. The van der Waals surface area contributed by atoms with Crippen LogP contribution in [0, 0.1) is 5.82 Å². The van der Waals surface area contributed by atoms with Gasteiger partial charge in [-0.25, -0.2) is 4.39 Å². The van der Waals surface area contributed by atoms with Crippen LogP contribution in [0.5, 0.6) is 5.75 Å². The van der Waals surface area contributed by atoms with Crippen molar-refractivity contribution in [1.82, 2.24) is 0 Å². The molecule has 22 heavy (non-hydrogen) atoms. The van der Waals surface area contributed by atoms with Gasteiger partial charge in [-0.15, -0.1) is 0 Å². The van der Waals surface area contributed by atoms with E-state index in [1.807, 2.05) is 5.32 Å². The van der Waals surface area contributed by atoms with E-state index in [4.69, 9.17) is 9.47 Å². The molecule has 1 fully saturated rings. The van der Waals surface area contributed by atoms with Crippen molar-refractivity contribution in [1.29, 1.82) is 0 Å². The molecule has 122 valence electrons. The summed E-state index contributed by atoms with van der Waals surface area (Å²) in [5, 5.41) is 2.02. The van der Waals surface area contributed by atoms with Gasteiger partial charge >= 0.3 is 6.18 Å². The number of benzene rings is 1. The molecule has 1 aliphatic heterocycles. The summed E-state index contributed by atoms with van der Waals surface area (Å²) in [6.45, 7) is 0.820. The van der Waals surface area contributed by atoms with Crippen LogP contribution in [0.4, 0.5) is 23.2 Å². The zero-order chi connectivity index (χ0) is 16.2. The standard InChI is InChI=1S/C14H15F4NO3/c15-9-3-4-12(22-8-10-2-1-5-21-10)11(6-9)19-13(20)7-14(16,17)18/h3-4,6,10H,1-2,5,7-8H2,(H,19,20)/t10-/m0/s1. The number of anilines is 1. The molecular weight excluding hydrogens is 306 g/mol. The van der Waals surface area contributed by atoms with Crippen molar-refractivity contribution < 1.29 is 31.8 Å². The summed E-state index contributed by atoms with van der Waals surface area (Å²) in [6.07, 6.45) is -4.65. The quantitative estimate of drug-likeness (QED) is 0.847. The van der Waals surface area contributed by atoms with Crippen molar-refractivity contribution in [3.63, 3.8) is 0 Å². The van der Waals surface area contributed by atoms with E-state index in [1.54, 1.807) is 0 Å². The van der Waals surface area contributed by atoms with Gasteiger partial charge in [-0.3, -0.25) is 4.79 Å². The Morgan fingerprint density at radius 3 is 2.82 bits per heavy atom.